The highest BCUT2D eigenvalue weighted by Gasteiger charge is 2.28. The highest BCUT2D eigenvalue weighted by molar-refractivity contribution is 7.91. The molecule has 0 aliphatic carbocycles. The maximum atomic E-state index is 12.0. The lowest BCUT2D eigenvalue weighted by Crippen LogP contribution is -2.35. The lowest BCUT2D eigenvalue weighted by Gasteiger charge is -2.10. The van der Waals surface area contributed by atoms with E-state index in [1.807, 2.05) is 6.92 Å². The fourth-order valence-electron chi connectivity index (χ4n) is 2.48. The number of carbonyl (C=O) groups excluding carboxylic acids is 2. The molecule has 1 aromatic rings. The van der Waals surface area contributed by atoms with E-state index in [4.69, 9.17) is 4.74 Å². The third kappa shape index (κ3) is 5.35. The van der Waals surface area contributed by atoms with Crippen molar-refractivity contribution < 1.29 is 22.7 Å². The van der Waals surface area contributed by atoms with Crippen LogP contribution in [0.1, 0.15) is 36.5 Å². The molecule has 0 saturated carbocycles. The van der Waals surface area contributed by atoms with E-state index in [0.717, 1.165) is 0 Å². The molecule has 1 aliphatic heterocycles. The molecule has 1 saturated heterocycles. The highest BCUT2D eigenvalue weighted by Crippen LogP contribution is 2.15. The second-order valence-corrected chi connectivity index (χ2v) is 7.78. The Morgan fingerprint density at radius 3 is 2.48 bits per heavy atom. The predicted octanol–water partition coefficient (Wildman–Crippen LogP) is 1.35. The molecule has 1 aromatic carbocycles. The minimum atomic E-state index is -3.02. The second kappa shape index (κ2) is 7.59. The van der Waals surface area contributed by atoms with Crippen LogP contribution in [0.3, 0.4) is 0 Å². The van der Waals surface area contributed by atoms with Gasteiger partial charge in [0, 0.05) is 24.4 Å². The largest absolute Gasteiger partial charge is 0.494 e. The number of hydrogen-bond donors (Lipinski definition) is 1. The van der Waals surface area contributed by atoms with Crippen molar-refractivity contribution in [2.45, 2.75) is 32.2 Å². The van der Waals surface area contributed by atoms with Gasteiger partial charge in [0.2, 0.25) is 5.91 Å². The van der Waals surface area contributed by atoms with Gasteiger partial charge in [-0.05, 0) is 37.6 Å². The third-order valence-corrected chi connectivity index (χ3v) is 5.43. The summed E-state index contributed by atoms with van der Waals surface area (Å²) in [6, 6.07) is 6.47. The van der Waals surface area contributed by atoms with Crippen LogP contribution in [-0.2, 0) is 14.6 Å². The van der Waals surface area contributed by atoms with E-state index in [1.54, 1.807) is 24.3 Å². The summed E-state index contributed by atoms with van der Waals surface area (Å²) in [7, 11) is -3.02. The van der Waals surface area contributed by atoms with Crippen LogP contribution in [0.25, 0.3) is 0 Å². The van der Waals surface area contributed by atoms with Gasteiger partial charge >= 0.3 is 0 Å². The van der Waals surface area contributed by atoms with Gasteiger partial charge in [0.25, 0.3) is 0 Å². The number of Topliss-reactive ketones (excluding diaryl/α,β-unsaturated/α-hetero) is 1. The van der Waals surface area contributed by atoms with Crippen molar-refractivity contribution in [1.82, 2.24) is 5.32 Å². The molecule has 1 unspecified atom stereocenters. The average Bonchev–Trinajstić information content (AvgIpc) is 2.84. The van der Waals surface area contributed by atoms with Gasteiger partial charge in [-0.25, -0.2) is 8.42 Å². The molecule has 0 bridgehead atoms. The van der Waals surface area contributed by atoms with E-state index in [0.29, 0.717) is 24.3 Å². The zero-order valence-corrected chi connectivity index (χ0v) is 13.9. The average molecular weight is 339 g/mol. The fraction of sp³-hybridized carbons (Fsp3) is 0.500. The minimum absolute atomic E-state index is 0.00836. The number of amides is 1. The summed E-state index contributed by atoms with van der Waals surface area (Å²) in [6.45, 7) is 2.44. The molecule has 23 heavy (non-hydrogen) atoms. The van der Waals surface area contributed by atoms with E-state index in [-0.39, 0.29) is 42.1 Å². The molecule has 2 rings (SSSR count). The van der Waals surface area contributed by atoms with Crippen LogP contribution in [0.5, 0.6) is 5.75 Å². The topological polar surface area (TPSA) is 89.5 Å². The summed E-state index contributed by atoms with van der Waals surface area (Å²) in [5, 5.41) is 2.68. The summed E-state index contributed by atoms with van der Waals surface area (Å²) in [5.74, 6) is 0.395. The minimum Gasteiger partial charge on any atom is -0.494 e. The van der Waals surface area contributed by atoms with Gasteiger partial charge in [0.05, 0.1) is 18.1 Å². The number of nitrogens with one attached hydrogen (secondary N) is 1. The quantitative estimate of drug-likeness (QED) is 0.758. The molecule has 1 fully saturated rings. The van der Waals surface area contributed by atoms with Gasteiger partial charge in [-0.3, -0.25) is 9.59 Å². The van der Waals surface area contributed by atoms with Crippen molar-refractivity contribution >= 4 is 21.5 Å². The Labute approximate surface area is 136 Å². The van der Waals surface area contributed by atoms with E-state index in [2.05, 4.69) is 5.32 Å². The number of ketones is 1. The predicted molar refractivity (Wildman–Crippen MR) is 86.4 cm³/mol. The van der Waals surface area contributed by atoms with Gasteiger partial charge in [-0.1, -0.05) is 0 Å². The Kier molecular flexibility index (Phi) is 5.76. The van der Waals surface area contributed by atoms with Crippen molar-refractivity contribution in [2.24, 2.45) is 0 Å². The maximum Gasteiger partial charge on any atom is 0.220 e. The van der Waals surface area contributed by atoms with Crippen molar-refractivity contribution in [3.63, 3.8) is 0 Å². The van der Waals surface area contributed by atoms with Crippen LogP contribution in [0.15, 0.2) is 24.3 Å². The molecule has 1 aliphatic rings. The number of carbonyl (C=O) groups is 2. The van der Waals surface area contributed by atoms with Crippen LogP contribution in [0.4, 0.5) is 0 Å². The molecular formula is C16H21NO5S. The number of hydrogen-bond acceptors (Lipinski definition) is 5. The van der Waals surface area contributed by atoms with Crippen LogP contribution < -0.4 is 10.1 Å². The first-order valence-electron chi connectivity index (χ1n) is 7.65. The SMILES string of the molecule is CCOc1ccc(C(=O)CCC(=O)NC2CCS(=O)(=O)C2)cc1. The molecule has 0 aromatic heterocycles. The summed E-state index contributed by atoms with van der Waals surface area (Å²) < 4.78 is 28.0. The van der Waals surface area contributed by atoms with Crippen molar-refractivity contribution in [3.05, 3.63) is 29.8 Å². The van der Waals surface area contributed by atoms with E-state index in [9.17, 15) is 18.0 Å². The number of sulfone groups is 1. The Morgan fingerprint density at radius 1 is 1.22 bits per heavy atom. The highest BCUT2D eigenvalue weighted by atomic mass is 32.2. The zero-order chi connectivity index (χ0) is 16.9. The number of rotatable bonds is 7. The van der Waals surface area contributed by atoms with Gasteiger partial charge in [-0.15, -0.1) is 0 Å². The molecule has 0 spiro atoms. The first-order chi connectivity index (χ1) is 10.9. The van der Waals surface area contributed by atoms with Crippen molar-refractivity contribution in [3.8, 4) is 5.75 Å². The van der Waals surface area contributed by atoms with Crippen molar-refractivity contribution in [2.75, 3.05) is 18.1 Å². The Hall–Kier alpha value is -1.89. The molecule has 126 valence electrons. The normalized spacial score (nSPS) is 19.3. The van der Waals surface area contributed by atoms with Gasteiger partial charge in [0.15, 0.2) is 15.6 Å². The molecule has 6 nitrogen and oxygen atoms in total. The number of benzene rings is 1. The van der Waals surface area contributed by atoms with Gasteiger partial charge in [-0.2, -0.15) is 0 Å². The van der Waals surface area contributed by atoms with Crippen LogP contribution in [0, 0.1) is 0 Å². The van der Waals surface area contributed by atoms with E-state index in [1.165, 1.54) is 0 Å². The second-order valence-electron chi connectivity index (χ2n) is 5.55. The zero-order valence-electron chi connectivity index (χ0n) is 13.1. The van der Waals surface area contributed by atoms with Crippen LogP contribution in [-0.4, -0.2) is 44.3 Å². The summed E-state index contributed by atoms with van der Waals surface area (Å²) >= 11 is 0. The van der Waals surface area contributed by atoms with Gasteiger partial charge < -0.3 is 10.1 Å². The first kappa shape index (κ1) is 17.5. The lowest BCUT2D eigenvalue weighted by molar-refractivity contribution is -0.121. The third-order valence-electron chi connectivity index (χ3n) is 3.66. The molecule has 1 N–H and O–H groups in total. The Bertz CT molecular complexity index is 666. The smallest absolute Gasteiger partial charge is 0.220 e. The number of ether oxygens (including phenoxy) is 1. The molecule has 1 heterocycles. The molecular weight excluding hydrogens is 318 g/mol. The van der Waals surface area contributed by atoms with E-state index < -0.39 is 9.84 Å². The van der Waals surface area contributed by atoms with Gasteiger partial charge in [0.1, 0.15) is 5.75 Å². The fourth-order valence-corrected chi connectivity index (χ4v) is 4.16. The monoisotopic (exact) mass is 339 g/mol. The van der Waals surface area contributed by atoms with Crippen LogP contribution in [0.2, 0.25) is 0 Å². The molecule has 7 heteroatoms. The van der Waals surface area contributed by atoms with Crippen molar-refractivity contribution in [1.29, 1.82) is 0 Å². The molecule has 1 amide bonds. The summed E-state index contributed by atoms with van der Waals surface area (Å²) in [4.78, 5) is 23.8. The summed E-state index contributed by atoms with van der Waals surface area (Å²) in [6.07, 6.45) is 0.600. The van der Waals surface area contributed by atoms with E-state index >= 15 is 0 Å². The molecule has 0 radical (unpaired) electrons. The first-order valence-corrected chi connectivity index (χ1v) is 9.47. The summed E-state index contributed by atoms with van der Waals surface area (Å²) in [5.41, 5.74) is 0.532. The Balaban J connectivity index is 1.78. The lowest BCUT2D eigenvalue weighted by atomic mass is 10.1. The molecule has 1 atom stereocenters. The standard InChI is InChI=1S/C16H21NO5S/c1-2-22-14-5-3-12(4-6-14)15(18)7-8-16(19)17-13-9-10-23(20,21)11-13/h3-6,13H,2,7-11H2,1H3,(H,17,19). The van der Waals surface area contributed by atoms with Crippen LogP contribution >= 0.6 is 0 Å². The Morgan fingerprint density at radius 2 is 1.91 bits per heavy atom. The maximum absolute atomic E-state index is 12.0.